The second kappa shape index (κ2) is 10.4. The Labute approximate surface area is 205 Å². The number of hydrogen-bond acceptors (Lipinski definition) is 5. The summed E-state index contributed by atoms with van der Waals surface area (Å²) >= 11 is 0. The van der Waals surface area contributed by atoms with Crippen molar-refractivity contribution in [2.45, 2.75) is 56.6 Å². The molecule has 2 atom stereocenters. The summed E-state index contributed by atoms with van der Waals surface area (Å²) in [6.45, 7) is 3.55. The Morgan fingerprint density at radius 1 is 1.11 bits per heavy atom. The van der Waals surface area contributed by atoms with Crippen LogP contribution < -0.4 is 15.4 Å². The third-order valence-corrected chi connectivity index (χ3v) is 7.52. The van der Waals surface area contributed by atoms with Gasteiger partial charge in [-0.3, -0.25) is 14.3 Å². The van der Waals surface area contributed by atoms with E-state index in [0.29, 0.717) is 12.2 Å². The molecule has 0 fully saturated rings. The lowest BCUT2D eigenvalue weighted by Gasteiger charge is -2.26. The largest absolute Gasteiger partial charge is 0.348 e. The Balaban J connectivity index is 1.40. The van der Waals surface area contributed by atoms with E-state index in [0.717, 1.165) is 36.1 Å². The number of carbonyl (C=O) groups excluding carboxylic acids is 2. The predicted octanol–water partition coefficient (Wildman–Crippen LogP) is 2.75. The van der Waals surface area contributed by atoms with Gasteiger partial charge in [-0.2, -0.15) is 9.82 Å². The number of fused-ring (bicyclic) bond motifs is 1. The Morgan fingerprint density at radius 3 is 2.51 bits per heavy atom. The van der Waals surface area contributed by atoms with Gasteiger partial charge in [-0.15, -0.1) is 0 Å². The van der Waals surface area contributed by atoms with Crippen LogP contribution in [0.2, 0.25) is 0 Å². The van der Waals surface area contributed by atoms with Crippen LogP contribution in [-0.2, 0) is 32.6 Å². The zero-order valence-electron chi connectivity index (χ0n) is 19.7. The average molecular weight is 496 g/mol. The highest BCUT2D eigenvalue weighted by molar-refractivity contribution is 7.89. The first-order valence-electron chi connectivity index (χ1n) is 11.5. The van der Waals surface area contributed by atoms with Crippen molar-refractivity contribution in [3.63, 3.8) is 0 Å². The molecule has 2 aromatic carbocycles. The number of amides is 2. The van der Waals surface area contributed by atoms with E-state index in [1.807, 2.05) is 22.9 Å². The van der Waals surface area contributed by atoms with E-state index in [9.17, 15) is 18.0 Å². The summed E-state index contributed by atoms with van der Waals surface area (Å²) in [5, 5.41) is 10.1. The molecule has 3 N–H and O–H groups in total. The molecule has 0 bridgehead atoms. The van der Waals surface area contributed by atoms with Crippen LogP contribution in [-0.4, -0.2) is 36.1 Å². The molecule has 2 amide bonds. The fourth-order valence-electron chi connectivity index (χ4n) is 4.23. The average Bonchev–Trinajstić information content (AvgIpc) is 3.23. The highest BCUT2D eigenvalue weighted by Crippen LogP contribution is 2.30. The highest BCUT2D eigenvalue weighted by Gasteiger charge is 2.28. The Hall–Kier alpha value is -3.50. The maximum absolute atomic E-state index is 12.9. The van der Waals surface area contributed by atoms with Crippen molar-refractivity contribution in [2.75, 3.05) is 5.32 Å². The maximum Gasteiger partial charge on any atom is 0.241 e. The van der Waals surface area contributed by atoms with E-state index in [2.05, 4.69) is 32.6 Å². The first-order valence-corrected chi connectivity index (χ1v) is 13.0. The van der Waals surface area contributed by atoms with Crippen LogP contribution in [0.1, 0.15) is 49.6 Å². The van der Waals surface area contributed by atoms with Gasteiger partial charge >= 0.3 is 0 Å². The summed E-state index contributed by atoms with van der Waals surface area (Å²) in [5.41, 5.74) is 3.71. The Kier molecular flexibility index (Phi) is 7.32. The number of nitrogens with zero attached hydrogens (tertiary/aromatic N) is 2. The van der Waals surface area contributed by atoms with Crippen molar-refractivity contribution in [1.82, 2.24) is 19.8 Å². The monoisotopic (exact) mass is 495 g/mol. The number of nitrogens with one attached hydrogen (secondary N) is 3. The molecule has 0 radical (unpaired) electrons. The molecule has 184 valence electrons. The van der Waals surface area contributed by atoms with Crippen molar-refractivity contribution in [1.29, 1.82) is 0 Å². The van der Waals surface area contributed by atoms with Crippen LogP contribution in [0.5, 0.6) is 0 Å². The summed E-state index contributed by atoms with van der Waals surface area (Å²) in [5.74, 6) is -0.655. The number of hydrogen-bond donors (Lipinski definition) is 3. The van der Waals surface area contributed by atoms with Crippen LogP contribution in [0, 0.1) is 0 Å². The van der Waals surface area contributed by atoms with Gasteiger partial charge in [0.2, 0.25) is 21.8 Å². The molecule has 1 aliphatic carbocycles. The van der Waals surface area contributed by atoms with Gasteiger partial charge in [0, 0.05) is 23.9 Å². The second-order valence-electron chi connectivity index (χ2n) is 8.69. The zero-order chi connectivity index (χ0) is 25.0. The van der Waals surface area contributed by atoms with Gasteiger partial charge in [0.05, 0.1) is 29.7 Å². The predicted molar refractivity (Wildman–Crippen MR) is 132 cm³/mol. The fraction of sp³-hybridized carbons (Fsp3) is 0.320. The smallest absolute Gasteiger partial charge is 0.241 e. The molecule has 1 aliphatic rings. The maximum atomic E-state index is 12.9. The molecule has 35 heavy (non-hydrogen) atoms. The van der Waals surface area contributed by atoms with Gasteiger partial charge in [-0.05, 0) is 56.0 Å². The van der Waals surface area contributed by atoms with Crippen LogP contribution >= 0.6 is 0 Å². The van der Waals surface area contributed by atoms with E-state index in [4.69, 9.17) is 0 Å². The van der Waals surface area contributed by atoms with E-state index >= 15 is 0 Å². The summed E-state index contributed by atoms with van der Waals surface area (Å²) < 4.78 is 29.9. The quantitative estimate of drug-likeness (QED) is 0.444. The van der Waals surface area contributed by atoms with Crippen molar-refractivity contribution in [3.05, 3.63) is 77.6 Å². The van der Waals surface area contributed by atoms with Crippen molar-refractivity contribution in [2.24, 2.45) is 0 Å². The lowest BCUT2D eigenvalue weighted by molar-refractivity contribution is -0.123. The number of carbonyl (C=O) groups is 2. The van der Waals surface area contributed by atoms with E-state index in [1.54, 1.807) is 6.20 Å². The van der Waals surface area contributed by atoms with E-state index in [1.165, 1.54) is 38.1 Å². The normalized spacial score (nSPS) is 16.2. The fourth-order valence-corrected chi connectivity index (χ4v) is 5.44. The van der Waals surface area contributed by atoms with Gasteiger partial charge in [-0.1, -0.05) is 30.3 Å². The first-order chi connectivity index (χ1) is 16.7. The van der Waals surface area contributed by atoms with Gasteiger partial charge < -0.3 is 10.6 Å². The van der Waals surface area contributed by atoms with Gasteiger partial charge in [0.1, 0.15) is 0 Å². The van der Waals surface area contributed by atoms with Gasteiger partial charge in [0.15, 0.2) is 0 Å². The lowest BCUT2D eigenvalue weighted by atomic mass is 9.92. The van der Waals surface area contributed by atoms with Crippen LogP contribution in [0.25, 0.3) is 0 Å². The topological polar surface area (TPSA) is 122 Å². The summed E-state index contributed by atoms with van der Waals surface area (Å²) in [6.07, 6.45) is 4.35. The lowest BCUT2D eigenvalue weighted by Crippen LogP contribution is -2.46. The minimum atomic E-state index is -3.92. The Bertz CT molecular complexity index is 1300. The SMILES string of the molecule is CC(=O)Nc1ccc(S(=O)(=O)N[C@@H](C)C(=O)NC2CCCc3c2cnn3Cc2ccccc2)cc1. The molecular weight excluding hydrogens is 466 g/mol. The van der Waals surface area contributed by atoms with Gasteiger partial charge in [-0.25, -0.2) is 8.42 Å². The van der Waals surface area contributed by atoms with Crippen molar-refractivity contribution in [3.8, 4) is 0 Å². The van der Waals surface area contributed by atoms with Crippen LogP contribution in [0.3, 0.4) is 0 Å². The summed E-state index contributed by atoms with van der Waals surface area (Å²) in [6, 6.07) is 14.6. The minimum absolute atomic E-state index is 0.00777. The number of sulfonamides is 1. The summed E-state index contributed by atoms with van der Waals surface area (Å²) in [4.78, 5) is 24.0. The van der Waals surface area contributed by atoms with Crippen molar-refractivity contribution < 1.29 is 18.0 Å². The molecule has 1 heterocycles. The third-order valence-electron chi connectivity index (χ3n) is 5.96. The standard InChI is InChI=1S/C25H29N5O4S/c1-17(29-35(33,34)21-13-11-20(12-14-21)27-18(2)31)25(32)28-23-9-6-10-24-22(23)15-26-30(24)16-19-7-4-3-5-8-19/h3-5,7-8,11-15,17,23,29H,6,9-10,16H2,1-2H3,(H,27,31)(H,28,32)/t17-,23?/m0/s1. The Morgan fingerprint density at radius 2 is 1.83 bits per heavy atom. The number of aromatic nitrogens is 2. The molecule has 0 aliphatic heterocycles. The summed E-state index contributed by atoms with van der Waals surface area (Å²) in [7, 11) is -3.92. The zero-order valence-corrected chi connectivity index (χ0v) is 20.5. The second-order valence-corrected chi connectivity index (χ2v) is 10.4. The molecule has 0 spiro atoms. The first kappa shape index (κ1) is 24.6. The molecule has 1 unspecified atom stereocenters. The number of rotatable bonds is 8. The number of benzene rings is 2. The van der Waals surface area contributed by atoms with Gasteiger partial charge in [0.25, 0.3) is 0 Å². The van der Waals surface area contributed by atoms with Crippen molar-refractivity contribution >= 4 is 27.5 Å². The minimum Gasteiger partial charge on any atom is -0.348 e. The highest BCUT2D eigenvalue weighted by atomic mass is 32.2. The van der Waals surface area contributed by atoms with E-state index < -0.39 is 22.0 Å². The van der Waals surface area contributed by atoms with Crippen LogP contribution in [0.15, 0.2) is 65.7 Å². The molecular formula is C25H29N5O4S. The molecule has 10 heteroatoms. The van der Waals surface area contributed by atoms with E-state index in [-0.39, 0.29) is 16.8 Å². The molecule has 0 saturated carbocycles. The number of anilines is 1. The molecule has 9 nitrogen and oxygen atoms in total. The molecule has 1 aromatic heterocycles. The third kappa shape index (κ3) is 5.95. The van der Waals surface area contributed by atoms with Crippen LogP contribution in [0.4, 0.5) is 5.69 Å². The molecule has 4 rings (SSSR count). The molecule has 0 saturated heterocycles. The molecule has 3 aromatic rings.